The SMILES string of the molecule is O=C(Nc1ccc(-c2ccc(NC(=O)[C@H]3CCN(C(=O)c4cnc[nH]4)C3)cc2)cc1)[C@@H]1CCN(C(=O)c2cnc[nH]2)C1. The van der Waals surface area contributed by atoms with E-state index in [0.29, 0.717) is 61.8 Å². The van der Waals surface area contributed by atoms with Gasteiger partial charge in [-0.25, -0.2) is 9.97 Å². The molecule has 6 rings (SSSR count). The van der Waals surface area contributed by atoms with E-state index in [1.807, 2.05) is 48.5 Å². The maximum absolute atomic E-state index is 12.8. The molecule has 2 aromatic carbocycles. The van der Waals surface area contributed by atoms with Crippen molar-refractivity contribution in [3.63, 3.8) is 0 Å². The lowest BCUT2D eigenvalue weighted by Crippen LogP contribution is -2.31. The molecule has 4 aromatic rings. The summed E-state index contributed by atoms with van der Waals surface area (Å²) in [5.74, 6) is -1.08. The fourth-order valence-electron chi connectivity index (χ4n) is 5.38. The fourth-order valence-corrected chi connectivity index (χ4v) is 5.38. The Balaban J connectivity index is 0.991. The number of carbonyl (C=O) groups excluding carboxylic acids is 4. The number of imidazole rings is 2. The van der Waals surface area contributed by atoms with E-state index < -0.39 is 0 Å². The van der Waals surface area contributed by atoms with Crippen molar-refractivity contribution in [2.75, 3.05) is 36.8 Å². The van der Waals surface area contributed by atoms with Gasteiger partial charge in [0, 0.05) is 37.6 Å². The Kier molecular flexibility index (Phi) is 7.50. The van der Waals surface area contributed by atoms with Crippen LogP contribution in [-0.2, 0) is 9.59 Å². The first-order valence-electron chi connectivity index (χ1n) is 13.8. The van der Waals surface area contributed by atoms with Crippen molar-refractivity contribution >= 4 is 35.0 Å². The second-order valence-corrected chi connectivity index (χ2v) is 10.5. The van der Waals surface area contributed by atoms with Crippen molar-refractivity contribution in [2.45, 2.75) is 12.8 Å². The van der Waals surface area contributed by atoms with Gasteiger partial charge in [0.1, 0.15) is 11.4 Å². The Morgan fingerprint density at radius 3 is 1.40 bits per heavy atom. The molecule has 0 spiro atoms. The maximum atomic E-state index is 12.8. The average molecular weight is 567 g/mol. The number of anilines is 2. The molecule has 42 heavy (non-hydrogen) atoms. The van der Waals surface area contributed by atoms with Gasteiger partial charge in [0.2, 0.25) is 11.8 Å². The molecule has 2 saturated heterocycles. The number of nitrogens with one attached hydrogen (secondary N) is 4. The molecule has 2 aliphatic rings. The quantitative estimate of drug-likeness (QED) is 0.269. The summed E-state index contributed by atoms with van der Waals surface area (Å²) in [6.07, 6.45) is 7.11. The Bertz CT molecular complexity index is 1450. The third kappa shape index (κ3) is 5.78. The number of amides is 4. The number of hydrogen-bond donors (Lipinski definition) is 4. The molecule has 4 N–H and O–H groups in total. The smallest absolute Gasteiger partial charge is 0.271 e. The van der Waals surface area contributed by atoms with Crippen LogP contribution in [0.2, 0.25) is 0 Å². The zero-order chi connectivity index (χ0) is 29.1. The molecule has 0 saturated carbocycles. The summed E-state index contributed by atoms with van der Waals surface area (Å²) in [6, 6.07) is 15.1. The van der Waals surface area contributed by atoms with E-state index in [1.54, 1.807) is 9.80 Å². The van der Waals surface area contributed by atoms with E-state index >= 15 is 0 Å². The van der Waals surface area contributed by atoms with Crippen molar-refractivity contribution in [3.05, 3.63) is 85.0 Å². The first kappa shape index (κ1) is 26.9. The van der Waals surface area contributed by atoms with Gasteiger partial charge in [0.25, 0.3) is 11.8 Å². The maximum Gasteiger partial charge on any atom is 0.271 e. The Hall–Kier alpha value is -5.26. The molecular weight excluding hydrogens is 536 g/mol. The van der Waals surface area contributed by atoms with Crippen molar-refractivity contribution in [1.29, 1.82) is 0 Å². The first-order chi connectivity index (χ1) is 20.4. The summed E-state index contributed by atoms with van der Waals surface area (Å²) < 4.78 is 0. The Morgan fingerprint density at radius 1 is 0.643 bits per heavy atom. The van der Waals surface area contributed by atoms with Crippen LogP contribution < -0.4 is 10.6 Å². The Labute approximate surface area is 241 Å². The zero-order valence-electron chi connectivity index (χ0n) is 22.7. The van der Waals surface area contributed by atoms with Crippen molar-refractivity contribution in [1.82, 2.24) is 29.7 Å². The molecular formula is C30H30N8O4. The van der Waals surface area contributed by atoms with E-state index in [9.17, 15) is 19.2 Å². The van der Waals surface area contributed by atoms with Crippen molar-refractivity contribution < 1.29 is 19.2 Å². The van der Waals surface area contributed by atoms with E-state index in [0.717, 1.165) is 11.1 Å². The van der Waals surface area contributed by atoms with Crippen LogP contribution >= 0.6 is 0 Å². The lowest BCUT2D eigenvalue weighted by molar-refractivity contribution is -0.120. The van der Waals surface area contributed by atoms with Crippen LogP contribution in [0.25, 0.3) is 11.1 Å². The zero-order valence-corrected chi connectivity index (χ0v) is 22.7. The average Bonchev–Trinajstić information content (AvgIpc) is 3.84. The molecule has 2 aromatic heterocycles. The predicted octanol–water partition coefficient (Wildman–Crippen LogP) is 3.00. The summed E-state index contributed by atoms with van der Waals surface area (Å²) >= 11 is 0. The predicted molar refractivity (Wildman–Crippen MR) is 154 cm³/mol. The number of benzene rings is 2. The number of aromatic amines is 2. The summed E-state index contributed by atoms with van der Waals surface area (Å²) in [4.78, 5) is 67.4. The lowest BCUT2D eigenvalue weighted by Gasteiger charge is -2.16. The Morgan fingerprint density at radius 2 is 1.05 bits per heavy atom. The van der Waals surface area contributed by atoms with Crippen LogP contribution in [0, 0.1) is 11.8 Å². The number of carbonyl (C=O) groups is 4. The van der Waals surface area contributed by atoms with Crippen LogP contribution in [0.1, 0.15) is 33.8 Å². The van der Waals surface area contributed by atoms with Gasteiger partial charge in [0.15, 0.2) is 0 Å². The van der Waals surface area contributed by atoms with Crippen LogP contribution in [0.5, 0.6) is 0 Å². The molecule has 0 bridgehead atoms. The molecule has 0 unspecified atom stereocenters. The number of hydrogen-bond acceptors (Lipinski definition) is 6. The minimum atomic E-state index is -0.275. The number of rotatable bonds is 7. The second kappa shape index (κ2) is 11.7. The fraction of sp³-hybridized carbons (Fsp3) is 0.267. The van der Waals surface area contributed by atoms with Crippen LogP contribution in [-0.4, -0.2) is 79.5 Å². The highest BCUT2D eigenvalue weighted by molar-refractivity contribution is 5.97. The second-order valence-electron chi connectivity index (χ2n) is 10.5. The molecule has 2 atom stereocenters. The van der Waals surface area contributed by atoms with Crippen LogP contribution in [0.4, 0.5) is 11.4 Å². The van der Waals surface area contributed by atoms with Gasteiger partial charge in [-0.15, -0.1) is 0 Å². The van der Waals surface area contributed by atoms with Gasteiger partial charge in [-0.1, -0.05) is 24.3 Å². The highest BCUT2D eigenvalue weighted by Gasteiger charge is 2.33. The molecule has 2 aliphatic heterocycles. The summed E-state index contributed by atoms with van der Waals surface area (Å²) in [6.45, 7) is 1.78. The third-order valence-corrected chi connectivity index (χ3v) is 7.79. The molecule has 0 aliphatic carbocycles. The molecule has 12 nitrogen and oxygen atoms in total. The first-order valence-corrected chi connectivity index (χ1v) is 13.8. The number of likely N-dealkylation sites (tertiary alicyclic amines) is 2. The molecule has 4 amide bonds. The summed E-state index contributed by atoms with van der Waals surface area (Å²) in [7, 11) is 0. The van der Waals surface area contributed by atoms with E-state index in [-0.39, 0.29) is 35.5 Å². The largest absolute Gasteiger partial charge is 0.341 e. The monoisotopic (exact) mass is 566 g/mol. The highest BCUT2D eigenvalue weighted by Crippen LogP contribution is 2.26. The number of nitrogens with zero attached hydrogens (tertiary/aromatic N) is 4. The normalized spacial score (nSPS) is 18.2. The third-order valence-electron chi connectivity index (χ3n) is 7.79. The number of H-pyrrole nitrogens is 2. The summed E-state index contributed by atoms with van der Waals surface area (Å²) in [5, 5.41) is 5.92. The van der Waals surface area contributed by atoms with Gasteiger partial charge in [-0.2, -0.15) is 0 Å². The van der Waals surface area contributed by atoms with Gasteiger partial charge >= 0.3 is 0 Å². The van der Waals surface area contributed by atoms with Crippen LogP contribution in [0.3, 0.4) is 0 Å². The van der Waals surface area contributed by atoms with Gasteiger partial charge in [-0.05, 0) is 48.2 Å². The van der Waals surface area contributed by atoms with Crippen molar-refractivity contribution in [3.8, 4) is 11.1 Å². The van der Waals surface area contributed by atoms with Crippen molar-refractivity contribution in [2.24, 2.45) is 11.8 Å². The minimum absolute atomic E-state index is 0.112. The van der Waals surface area contributed by atoms with E-state index in [2.05, 4.69) is 30.6 Å². The number of aromatic nitrogens is 4. The highest BCUT2D eigenvalue weighted by atomic mass is 16.2. The topological polar surface area (TPSA) is 156 Å². The molecule has 214 valence electrons. The van der Waals surface area contributed by atoms with Gasteiger partial charge in [0.05, 0.1) is 36.9 Å². The molecule has 12 heteroatoms. The molecule has 2 fully saturated rings. The molecule has 4 heterocycles. The van der Waals surface area contributed by atoms with Gasteiger partial charge < -0.3 is 30.4 Å². The molecule has 0 radical (unpaired) electrons. The minimum Gasteiger partial charge on any atom is -0.341 e. The van der Waals surface area contributed by atoms with E-state index in [1.165, 1.54) is 25.0 Å². The van der Waals surface area contributed by atoms with Gasteiger partial charge in [-0.3, -0.25) is 19.2 Å². The standard InChI is InChI=1S/C30H30N8O4/c39-27(21-9-11-37(15-21)29(41)25-13-31-17-33-25)35-23-5-1-19(2-6-23)20-3-7-24(8-4-20)36-28(40)22-10-12-38(16-22)30(42)26-14-32-18-34-26/h1-8,13-14,17-18,21-22H,9-12,15-16H2,(H,31,33)(H,32,34)(H,35,39)(H,36,40)/t21-,22+. The van der Waals surface area contributed by atoms with E-state index in [4.69, 9.17) is 0 Å². The summed E-state index contributed by atoms with van der Waals surface area (Å²) in [5.41, 5.74) is 4.13. The lowest BCUT2D eigenvalue weighted by atomic mass is 10.0. The van der Waals surface area contributed by atoms with Crippen LogP contribution in [0.15, 0.2) is 73.6 Å².